The molecule has 24 heavy (non-hydrogen) atoms. The number of rotatable bonds is 5. The Balaban J connectivity index is 2.26. The van der Waals surface area contributed by atoms with Crippen LogP contribution in [-0.4, -0.2) is 18.8 Å². The van der Waals surface area contributed by atoms with Crippen molar-refractivity contribution in [1.82, 2.24) is 0 Å². The van der Waals surface area contributed by atoms with Crippen molar-refractivity contribution in [3.63, 3.8) is 0 Å². The van der Waals surface area contributed by atoms with Gasteiger partial charge < -0.3 is 10.1 Å². The molecule has 0 bridgehead atoms. The molecule has 0 unspecified atom stereocenters. The van der Waals surface area contributed by atoms with Crippen molar-refractivity contribution >= 4 is 23.4 Å². The minimum atomic E-state index is -4.44. The predicted molar refractivity (Wildman–Crippen MR) is 88.8 cm³/mol. The summed E-state index contributed by atoms with van der Waals surface area (Å²) in [5.41, 5.74) is -0.0155. The van der Waals surface area contributed by atoms with Crippen LogP contribution in [0.2, 0.25) is 0 Å². The summed E-state index contributed by atoms with van der Waals surface area (Å²) in [6, 6.07) is 9.83. The molecular formula is C17H16F3NO2S. The van der Waals surface area contributed by atoms with Crippen LogP contribution >= 0.6 is 11.8 Å². The van der Waals surface area contributed by atoms with Crippen LogP contribution in [0, 0.1) is 0 Å². The Hall–Kier alpha value is -2.15. The molecule has 0 aliphatic heterocycles. The van der Waals surface area contributed by atoms with Gasteiger partial charge in [-0.05, 0) is 48.2 Å². The lowest BCUT2D eigenvalue weighted by atomic mass is 10.1. The number of alkyl halides is 3. The average Bonchev–Trinajstić information content (AvgIpc) is 2.55. The molecule has 1 N–H and O–H groups in total. The van der Waals surface area contributed by atoms with E-state index in [1.807, 2.05) is 6.92 Å². The first-order chi connectivity index (χ1) is 11.3. The second kappa shape index (κ2) is 7.61. The molecule has 0 aliphatic rings. The number of hydrogen-bond acceptors (Lipinski definition) is 3. The number of carbonyl (C=O) groups excluding carboxylic acids is 1. The third-order valence-corrected chi connectivity index (χ3v) is 4.14. The topological polar surface area (TPSA) is 38.3 Å². The van der Waals surface area contributed by atoms with Crippen molar-refractivity contribution < 1.29 is 22.7 Å². The molecule has 3 nitrogen and oxygen atoms in total. The van der Waals surface area contributed by atoms with Crippen LogP contribution in [0.15, 0.2) is 47.4 Å². The summed E-state index contributed by atoms with van der Waals surface area (Å²) < 4.78 is 43.5. The number of nitrogens with one attached hydrogen (secondary N) is 1. The number of ether oxygens (including phenoxy) is 1. The van der Waals surface area contributed by atoms with Gasteiger partial charge >= 0.3 is 6.18 Å². The maximum Gasteiger partial charge on any atom is 0.416 e. The van der Waals surface area contributed by atoms with Crippen molar-refractivity contribution in [3.05, 3.63) is 53.6 Å². The summed E-state index contributed by atoms with van der Waals surface area (Å²) >= 11 is 1.20. The van der Waals surface area contributed by atoms with Crippen LogP contribution < -0.4 is 10.1 Å². The molecule has 2 aromatic carbocycles. The van der Waals surface area contributed by atoms with E-state index in [0.717, 1.165) is 12.1 Å². The van der Waals surface area contributed by atoms with Crippen LogP contribution in [0.25, 0.3) is 0 Å². The molecule has 0 saturated heterocycles. The number of amides is 1. The molecule has 0 fully saturated rings. The van der Waals surface area contributed by atoms with Gasteiger partial charge in [0.2, 0.25) is 0 Å². The highest BCUT2D eigenvalue weighted by Gasteiger charge is 2.31. The van der Waals surface area contributed by atoms with Gasteiger partial charge in [0.05, 0.1) is 18.2 Å². The van der Waals surface area contributed by atoms with Crippen LogP contribution in [0.5, 0.6) is 5.75 Å². The molecule has 0 aromatic heterocycles. The standard InChI is InChI=1S/C17H16F3NO2S/c1-3-24-15-10-11(17(18,19)20)4-9-14(15)16(22)21-12-5-7-13(23-2)8-6-12/h4-10H,3H2,1-2H3,(H,21,22). The molecule has 2 aromatic rings. The Morgan fingerprint density at radius 1 is 1.17 bits per heavy atom. The number of anilines is 1. The Kier molecular flexibility index (Phi) is 5.77. The molecule has 128 valence electrons. The second-order valence-corrected chi connectivity index (χ2v) is 6.13. The molecule has 0 atom stereocenters. The van der Waals surface area contributed by atoms with Gasteiger partial charge in [-0.25, -0.2) is 0 Å². The van der Waals surface area contributed by atoms with Crippen LogP contribution in [-0.2, 0) is 6.18 Å². The Labute approximate surface area is 142 Å². The van der Waals surface area contributed by atoms with E-state index < -0.39 is 17.6 Å². The number of halogens is 3. The van der Waals surface area contributed by atoms with Crippen LogP contribution in [0.3, 0.4) is 0 Å². The highest BCUT2D eigenvalue weighted by atomic mass is 32.2. The van der Waals surface area contributed by atoms with Crippen molar-refractivity contribution in [2.75, 3.05) is 18.2 Å². The smallest absolute Gasteiger partial charge is 0.416 e. The van der Waals surface area contributed by atoms with Crippen molar-refractivity contribution in [1.29, 1.82) is 0 Å². The summed E-state index contributed by atoms with van der Waals surface area (Å²) in [5.74, 6) is 0.749. The number of carbonyl (C=O) groups is 1. The van der Waals surface area contributed by atoms with Gasteiger partial charge in [0.15, 0.2) is 0 Å². The Morgan fingerprint density at radius 2 is 1.83 bits per heavy atom. The van der Waals surface area contributed by atoms with E-state index in [1.165, 1.54) is 24.9 Å². The van der Waals surface area contributed by atoms with Gasteiger partial charge in [0.1, 0.15) is 5.75 Å². The predicted octanol–water partition coefficient (Wildman–Crippen LogP) is 5.08. The monoisotopic (exact) mass is 355 g/mol. The van der Waals surface area contributed by atoms with Crippen molar-refractivity contribution in [3.8, 4) is 5.75 Å². The zero-order valence-electron chi connectivity index (χ0n) is 13.1. The van der Waals surface area contributed by atoms with Gasteiger partial charge in [-0.15, -0.1) is 11.8 Å². The zero-order chi connectivity index (χ0) is 17.7. The summed E-state index contributed by atoms with van der Waals surface area (Å²) in [6.45, 7) is 1.82. The molecule has 2 rings (SSSR count). The van der Waals surface area contributed by atoms with Gasteiger partial charge in [-0.1, -0.05) is 6.92 Å². The van der Waals surface area contributed by atoms with Crippen LogP contribution in [0.4, 0.5) is 18.9 Å². The lowest BCUT2D eigenvalue weighted by Gasteiger charge is -2.13. The van der Waals surface area contributed by atoms with Crippen molar-refractivity contribution in [2.45, 2.75) is 18.0 Å². The summed E-state index contributed by atoms with van der Waals surface area (Å²) in [5, 5.41) is 2.68. The first-order valence-corrected chi connectivity index (χ1v) is 8.13. The van der Waals surface area contributed by atoms with E-state index in [4.69, 9.17) is 4.74 Å². The first kappa shape index (κ1) is 18.2. The van der Waals surface area contributed by atoms with E-state index in [0.29, 0.717) is 22.1 Å². The average molecular weight is 355 g/mol. The molecule has 0 spiro atoms. The molecule has 1 amide bonds. The van der Waals surface area contributed by atoms with E-state index >= 15 is 0 Å². The fraction of sp³-hybridized carbons (Fsp3) is 0.235. The number of thioether (sulfide) groups is 1. The van der Waals surface area contributed by atoms with Crippen LogP contribution in [0.1, 0.15) is 22.8 Å². The minimum absolute atomic E-state index is 0.214. The highest BCUT2D eigenvalue weighted by Crippen LogP contribution is 2.34. The molecule has 0 saturated carbocycles. The van der Waals surface area contributed by atoms with Crippen molar-refractivity contribution in [2.24, 2.45) is 0 Å². The van der Waals surface area contributed by atoms with E-state index in [9.17, 15) is 18.0 Å². The SMILES string of the molecule is CCSc1cc(C(F)(F)F)ccc1C(=O)Nc1ccc(OC)cc1. The quantitative estimate of drug-likeness (QED) is 0.760. The molecule has 0 aliphatic carbocycles. The zero-order valence-corrected chi connectivity index (χ0v) is 13.9. The Morgan fingerprint density at radius 3 is 2.38 bits per heavy atom. The van der Waals surface area contributed by atoms with Gasteiger partial charge in [-0.3, -0.25) is 4.79 Å². The normalized spacial score (nSPS) is 11.2. The first-order valence-electron chi connectivity index (χ1n) is 7.14. The van der Waals surface area contributed by atoms with Gasteiger partial charge in [0.25, 0.3) is 5.91 Å². The third kappa shape index (κ3) is 4.44. The lowest BCUT2D eigenvalue weighted by Crippen LogP contribution is -2.14. The van der Waals surface area contributed by atoms with Gasteiger partial charge in [-0.2, -0.15) is 13.2 Å². The number of methoxy groups -OCH3 is 1. The summed E-state index contributed by atoms with van der Waals surface area (Å²) in [6.07, 6.45) is -4.44. The minimum Gasteiger partial charge on any atom is -0.497 e. The molecule has 7 heteroatoms. The van der Waals surface area contributed by atoms with E-state index in [1.54, 1.807) is 24.3 Å². The fourth-order valence-corrected chi connectivity index (χ4v) is 2.87. The Bertz CT molecular complexity index is 715. The summed E-state index contributed by atoms with van der Waals surface area (Å²) in [7, 11) is 1.53. The highest BCUT2D eigenvalue weighted by molar-refractivity contribution is 7.99. The second-order valence-electron chi connectivity index (χ2n) is 4.82. The van der Waals surface area contributed by atoms with E-state index in [2.05, 4.69) is 5.32 Å². The fourth-order valence-electron chi connectivity index (χ4n) is 2.03. The molecular weight excluding hydrogens is 339 g/mol. The number of hydrogen-bond donors (Lipinski definition) is 1. The number of benzene rings is 2. The largest absolute Gasteiger partial charge is 0.497 e. The molecule has 0 radical (unpaired) electrons. The maximum atomic E-state index is 12.8. The molecule has 0 heterocycles. The van der Waals surface area contributed by atoms with E-state index in [-0.39, 0.29) is 5.56 Å². The van der Waals surface area contributed by atoms with Gasteiger partial charge in [0, 0.05) is 10.6 Å². The third-order valence-electron chi connectivity index (χ3n) is 3.20. The summed E-state index contributed by atoms with van der Waals surface area (Å²) in [4.78, 5) is 12.7. The lowest BCUT2D eigenvalue weighted by molar-refractivity contribution is -0.137. The maximum absolute atomic E-state index is 12.8.